The van der Waals surface area contributed by atoms with Crippen LogP contribution in [0.15, 0.2) is 42.5 Å². The first kappa shape index (κ1) is 17.6. The van der Waals surface area contributed by atoms with Crippen LogP contribution in [0.1, 0.15) is 47.2 Å². The lowest BCUT2D eigenvalue weighted by Crippen LogP contribution is -2.44. The topological polar surface area (TPSA) is 20.3 Å². The number of likely N-dealkylation sites (tertiary alicyclic amines) is 1. The van der Waals surface area contributed by atoms with E-state index in [9.17, 15) is 13.6 Å². The summed E-state index contributed by atoms with van der Waals surface area (Å²) in [6, 6.07) is 12.7. The zero-order valence-corrected chi connectivity index (χ0v) is 14.5. The molecule has 1 saturated heterocycles. The van der Waals surface area contributed by atoms with Crippen LogP contribution in [-0.2, 0) is 6.42 Å². The number of nitrogens with zero attached hydrogens (tertiary/aromatic N) is 1. The van der Waals surface area contributed by atoms with E-state index in [1.165, 1.54) is 17.7 Å². The van der Waals surface area contributed by atoms with Gasteiger partial charge in [-0.15, -0.1) is 0 Å². The van der Waals surface area contributed by atoms with Crippen molar-refractivity contribution in [3.63, 3.8) is 0 Å². The summed E-state index contributed by atoms with van der Waals surface area (Å²) in [6.07, 6.45) is 4.47. The number of benzene rings is 2. The number of hydrogen-bond acceptors (Lipinski definition) is 1. The van der Waals surface area contributed by atoms with Crippen molar-refractivity contribution < 1.29 is 13.6 Å². The third-order valence-electron chi connectivity index (χ3n) is 5.00. The molecule has 132 valence electrons. The second kappa shape index (κ2) is 7.77. The molecule has 1 fully saturated rings. The quantitative estimate of drug-likeness (QED) is 0.773. The van der Waals surface area contributed by atoms with Gasteiger partial charge in [0.15, 0.2) is 0 Å². The average molecular weight is 343 g/mol. The minimum Gasteiger partial charge on any atom is -0.335 e. The standard InChI is InChI=1S/C21H23F2NO/c1-15-10-13-18(22)19(20(15)23)21(25)24-14-6-5-9-17(24)12-11-16-7-3-2-4-8-16/h2-4,7-8,10,13,17H,5-6,9,11-12,14H2,1H3. The van der Waals surface area contributed by atoms with E-state index in [1.54, 1.807) is 11.8 Å². The lowest BCUT2D eigenvalue weighted by molar-refractivity contribution is 0.0591. The van der Waals surface area contributed by atoms with Gasteiger partial charge in [-0.2, -0.15) is 0 Å². The second-order valence-corrected chi connectivity index (χ2v) is 6.73. The summed E-state index contributed by atoms with van der Waals surface area (Å²) >= 11 is 0. The van der Waals surface area contributed by atoms with Crippen LogP contribution in [0.4, 0.5) is 8.78 Å². The molecule has 2 aromatic rings. The van der Waals surface area contributed by atoms with Crippen LogP contribution in [0.3, 0.4) is 0 Å². The molecule has 0 N–H and O–H groups in total. The van der Waals surface area contributed by atoms with Gasteiger partial charge < -0.3 is 4.90 Å². The highest BCUT2D eigenvalue weighted by molar-refractivity contribution is 5.95. The maximum absolute atomic E-state index is 14.4. The molecule has 0 bridgehead atoms. The van der Waals surface area contributed by atoms with Crippen molar-refractivity contribution in [1.82, 2.24) is 4.90 Å². The van der Waals surface area contributed by atoms with Gasteiger partial charge in [-0.1, -0.05) is 36.4 Å². The molecule has 0 spiro atoms. The Labute approximate surface area is 147 Å². The highest BCUT2D eigenvalue weighted by atomic mass is 19.1. The second-order valence-electron chi connectivity index (χ2n) is 6.73. The molecule has 1 unspecified atom stereocenters. The lowest BCUT2D eigenvalue weighted by atomic mass is 9.94. The Morgan fingerprint density at radius 1 is 1.12 bits per heavy atom. The molecule has 0 aromatic heterocycles. The number of carbonyl (C=O) groups is 1. The van der Waals surface area contributed by atoms with E-state index < -0.39 is 23.1 Å². The van der Waals surface area contributed by atoms with Gasteiger partial charge >= 0.3 is 0 Å². The van der Waals surface area contributed by atoms with Crippen molar-refractivity contribution in [1.29, 1.82) is 0 Å². The molecule has 2 aromatic carbocycles. The van der Waals surface area contributed by atoms with Gasteiger partial charge in [0.05, 0.1) is 0 Å². The van der Waals surface area contributed by atoms with Gasteiger partial charge in [-0.05, 0) is 56.2 Å². The Kier molecular flexibility index (Phi) is 5.47. The summed E-state index contributed by atoms with van der Waals surface area (Å²) in [4.78, 5) is 14.5. The normalized spacial score (nSPS) is 17.6. The first-order chi connectivity index (χ1) is 12.1. The van der Waals surface area contributed by atoms with Gasteiger partial charge in [0.25, 0.3) is 5.91 Å². The van der Waals surface area contributed by atoms with E-state index >= 15 is 0 Å². The Balaban J connectivity index is 1.79. The fourth-order valence-corrected chi connectivity index (χ4v) is 3.54. The fraction of sp³-hybridized carbons (Fsp3) is 0.381. The molecule has 0 aliphatic carbocycles. The SMILES string of the molecule is Cc1ccc(F)c(C(=O)N2CCCCC2CCc2ccccc2)c1F. The largest absolute Gasteiger partial charge is 0.335 e. The average Bonchev–Trinajstić information content (AvgIpc) is 2.64. The van der Waals surface area contributed by atoms with Crippen molar-refractivity contribution >= 4 is 5.91 Å². The van der Waals surface area contributed by atoms with Gasteiger partial charge in [0, 0.05) is 12.6 Å². The monoisotopic (exact) mass is 343 g/mol. The molecule has 2 nitrogen and oxygen atoms in total. The van der Waals surface area contributed by atoms with E-state index in [1.807, 2.05) is 18.2 Å². The maximum atomic E-state index is 14.4. The zero-order chi connectivity index (χ0) is 17.8. The van der Waals surface area contributed by atoms with Gasteiger partial charge in [0.1, 0.15) is 17.2 Å². The number of piperidine rings is 1. The smallest absolute Gasteiger partial charge is 0.260 e. The Morgan fingerprint density at radius 3 is 2.64 bits per heavy atom. The predicted octanol–water partition coefficient (Wildman–Crippen LogP) is 4.90. The maximum Gasteiger partial charge on any atom is 0.260 e. The fourth-order valence-electron chi connectivity index (χ4n) is 3.54. The van der Waals surface area contributed by atoms with Crippen LogP contribution in [-0.4, -0.2) is 23.4 Å². The van der Waals surface area contributed by atoms with E-state index in [4.69, 9.17) is 0 Å². The highest BCUT2D eigenvalue weighted by Crippen LogP contribution is 2.26. The van der Waals surface area contributed by atoms with E-state index in [0.29, 0.717) is 12.1 Å². The third-order valence-corrected chi connectivity index (χ3v) is 5.00. The molecule has 1 heterocycles. The molecule has 1 atom stereocenters. The lowest BCUT2D eigenvalue weighted by Gasteiger charge is -2.36. The van der Waals surface area contributed by atoms with Gasteiger partial charge in [0.2, 0.25) is 0 Å². The van der Waals surface area contributed by atoms with Crippen LogP contribution in [0.5, 0.6) is 0 Å². The van der Waals surface area contributed by atoms with Crippen molar-refractivity contribution in [2.45, 2.75) is 45.1 Å². The van der Waals surface area contributed by atoms with Crippen molar-refractivity contribution in [2.75, 3.05) is 6.54 Å². The van der Waals surface area contributed by atoms with Crippen LogP contribution in [0.2, 0.25) is 0 Å². The molecule has 25 heavy (non-hydrogen) atoms. The molecule has 4 heteroatoms. The zero-order valence-electron chi connectivity index (χ0n) is 14.5. The molecular formula is C21H23F2NO. The number of carbonyl (C=O) groups excluding carboxylic acids is 1. The minimum absolute atomic E-state index is 0.0285. The molecule has 3 rings (SSSR count). The van der Waals surface area contributed by atoms with Crippen LogP contribution in [0, 0.1) is 18.6 Å². The third kappa shape index (κ3) is 3.89. The first-order valence-electron chi connectivity index (χ1n) is 8.87. The number of halogens is 2. The summed E-state index contributed by atoms with van der Waals surface area (Å²) < 4.78 is 28.5. The molecule has 1 amide bonds. The van der Waals surface area contributed by atoms with Crippen molar-refractivity contribution in [3.8, 4) is 0 Å². The van der Waals surface area contributed by atoms with E-state index in [2.05, 4.69) is 12.1 Å². The molecule has 0 saturated carbocycles. The summed E-state index contributed by atoms with van der Waals surface area (Å²) in [5.74, 6) is -2.03. The number of amides is 1. The van der Waals surface area contributed by atoms with Crippen LogP contribution >= 0.6 is 0 Å². The number of rotatable bonds is 4. The summed E-state index contributed by atoms with van der Waals surface area (Å²) in [6.45, 7) is 2.11. The Morgan fingerprint density at radius 2 is 1.88 bits per heavy atom. The first-order valence-corrected chi connectivity index (χ1v) is 8.87. The Hall–Kier alpha value is -2.23. The predicted molar refractivity (Wildman–Crippen MR) is 94.5 cm³/mol. The molecule has 0 radical (unpaired) electrons. The minimum atomic E-state index is -0.777. The Bertz CT molecular complexity index is 745. The summed E-state index contributed by atoms with van der Waals surface area (Å²) in [5.41, 5.74) is 1.10. The highest BCUT2D eigenvalue weighted by Gasteiger charge is 2.31. The number of hydrogen-bond donors (Lipinski definition) is 0. The molecular weight excluding hydrogens is 320 g/mol. The van der Waals surface area contributed by atoms with E-state index in [0.717, 1.165) is 32.1 Å². The summed E-state index contributed by atoms with van der Waals surface area (Å²) in [7, 11) is 0. The summed E-state index contributed by atoms with van der Waals surface area (Å²) in [5, 5.41) is 0. The van der Waals surface area contributed by atoms with Gasteiger partial charge in [-0.25, -0.2) is 8.78 Å². The van der Waals surface area contributed by atoms with Crippen LogP contribution < -0.4 is 0 Å². The molecule has 1 aliphatic rings. The van der Waals surface area contributed by atoms with Crippen molar-refractivity contribution in [2.24, 2.45) is 0 Å². The van der Waals surface area contributed by atoms with E-state index in [-0.39, 0.29) is 6.04 Å². The molecule has 1 aliphatic heterocycles. The van der Waals surface area contributed by atoms with Crippen molar-refractivity contribution in [3.05, 3.63) is 70.8 Å². The van der Waals surface area contributed by atoms with Crippen LogP contribution in [0.25, 0.3) is 0 Å². The number of aryl methyl sites for hydroxylation is 2. The van der Waals surface area contributed by atoms with Gasteiger partial charge in [-0.3, -0.25) is 4.79 Å².